The van der Waals surface area contributed by atoms with Crippen LogP contribution >= 0.6 is 0 Å². The van der Waals surface area contributed by atoms with Crippen molar-refractivity contribution in [1.82, 2.24) is 9.88 Å². The Morgan fingerprint density at radius 3 is 2.72 bits per heavy atom. The number of hydrogen-bond acceptors (Lipinski definition) is 4. The molecular weight excluding hydrogens is 226 g/mol. The molecule has 1 unspecified atom stereocenters. The van der Waals surface area contributed by atoms with Crippen molar-refractivity contribution in [3.63, 3.8) is 0 Å². The molecule has 0 aliphatic carbocycles. The molecule has 1 saturated heterocycles. The van der Waals surface area contributed by atoms with Crippen LogP contribution < -0.4 is 5.73 Å². The molecule has 0 saturated carbocycles. The van der Waals surface area contributed by atoms with Gasteiger partial charge in [0.25, 0.3) is 0 Å². The topological polar surface area (TPSA) is 62.4 Å². The number of nitrogen functional groups attached to an aromatic ring is 1. The Morgan fingerprint density at radius 2 is 2.11 bits per heavy atom. The number of aromatic nitrogens is 1. The summed E-state index contributed by atoms with van der Waals surface area (Å²) in [4.78, 5) is 6.44. The van der Waals surface area contributed by atoms with Crippen LogP contribution in [0.3, 0.4) is 0 Å². The third-order valence-electron chi connectivity index (χ3n) is 4.09. The van der Waals surface area contributed by atoms with E-state index >= 15 is 0 Å². The molecule has 0 bridgehead atoms. The third-order valence-corrected chi connectivity index (χ3v) is 4.09. The van der Waals surface area contributed by atoms with E-state index in [-0.39, 0.29) is 5.54 Å². The summed E-state index contributed by atoms with van der Waals surface area (Å²) in [5, 5.41) is 10.5. The zero-order chi connectivity index (χ0) is 13.2. The minimum atomic E-state index is -0.429. The molecular formula is C14H23N3O. The van der Waals surface area contributed by atoms with Gasteiger partial charge in [-0.2, -0.15) is 0 Å². The third kappa shape index (κ3) is 2.65. The van der Waals surface area contributed by atoms with E-state index in [1.165, 1.54) is 12.8 Å². The van der Waals surface area contributed by atoms with E-state index in [9.17, 15) is 5.11 Å². The highest BCUT2D eigenvalue weighted by molar-refractivity contribution is 5.44. The van der Waals surface area contributed by atoms with Crippen molar-refractivity contribution in [1.29, 1.82) is 0 Å². The highest BCUT2D eigenvalue weighted by Crippen LogP contribution is 2.27. The van der Waals surface area contributed by atoms with Crippen molar-refractivity contribution in [3.05, 3.63) is 24.0 Å². The summed E-state index contributed by atoms with van der Waals surface area (Å²) in [7, 11) is 0. The van der Waals surface area contributed by atoms with Crippen LogP contribution in [0.2, 0.25) is 0 Å². The van der Waals surface area contributed by atoms with E-state index in [0.717, 1.165) is 18.7 Å². The number of anilines is 1. The standard InChI is InChI=1S/C14H23N3O/c1-14(2,17-7-3-4-8-17)13(18)9-11-10-16-6-5-12(11)15/h5-6,10,13,18H,3-4,7-9H2,1-2H3,(H2,15,16). The first-order chi connectivity index (χ1) is 8.51. The van der Waals surface area contributed by atoms with Crippen LogP contribution in [0.1, 0.15) is 32.3 Å². The van der Waals surface area contributed by atoms with E-state index in [2.05, 4.69) is 23.7 Å². The molecule has 4 heteroatoms. The number of hydrogen-bond donors (Lipinski definition) is 2. The van der Waals surface area contributed by atoms with Crippen molar-refractivity contribution in [2.45, 2.75) is 44.8 Å². The number of nitrogens with two attached hydrogens (primary N) is 1. The van der Waals surface area contributed by atoms with E-state index in [0.29, 0.717) is 12.1 Å². The predicted molar refractivity (Wildman–Crippen MR) is 73.2 cm³/mol. The lowest BCUT2D eigenvalue weighted by atomic mass is 9.90. The Morgan fingerprint density at radius 1 is 1.44 bits per heavy atom. The van der Waals surface area contributed by atoms with Crippen LogP contribution in [0.4, 0.5) is 5.69 Å². The van der Waals surface area contributed by atoms with Gasteiger partial charge in [-0.15, -0.1) is 0 Å². The van der Waals surface area contributed by atoms with Gasteiger partial charge in [0.15, 0.2) is 0 Å². The fourth-order valence-electron chi connectivity index (χ4n) is 2.57. The molecule has 100 valence electrons. The molecule has 0 radical (unpaired) electrons. The van der Waals surface area contributed by atoms with Gasteiger partial charge in [0.05, 0.1) is 6.10 Å². The largest absolute Gasteiger partial charge is 0.398 e. The smallest absolute Gasteiger partial charge is 0.0760 e. The molecule has 1 aliphatic heterocycles. The normalized spacial score (nSPS) is 19.1. The minimum Gasteiger partial charge on any atom is -0.398 e. The Balaban J connectivity index is 2.07. The van der Waals surface area contributed by atoms with Gasteiger partial charge >= 0.3 is 0 Å². The molecule has 3 N–H and O–H groups in total. The first-order valence-electron chi connectivity index (χ1n) is 6.63. The molecule has 18 heavy (non-hydrogen) atoms. The highest BCUT2D eigenvalue weighted by Gasteiger charge is 2.35. The van der Waals surface area contributed by atoms with Crippen molar-refractivity contribution in [3.8, 4) is 0 Å². The molecule has 2 heterocycles. The zero-order valence-electron chi connectivity index (χ0n) is 11.3. The summed E-state index contributed by atoms with van der Waals surface area (Å²) >= 11 is 0. The van der Waals surface area contributed by atoms with Gasteiger partial charge < -0.3 is 10.8 Å². The van der Waals surface area contributed by atoms with Gasteiger partial charge in [-0.25, -0.2) is 0 Å². The fraction of sp³-hybridized carbons (Fsp3) is 0.643. The van der Waals surface area contributed by atoms with Crippen LogP contribution in [0, 0.1) is 0 Å². The lowest BCUT2D eigenvalue weighted by Crippen LogP contribution is -2.52. The second kappa shape index (κ2) is 5.24. The molecule has 1 fully saturated rings. The van der Waals surface area contributed by atoms with Gasteiger partial charge in [0.1, 0.15) is 0 Å². The molecule has 0 aromatic carbocycles. The van der Waals surface area contributed by atoms with Crippen LogP contribution in [0.5, 0.6) is 0 Å². The second-order valence-corrected chi connectivity index (χ2v) is 5.64. The summed E-state index contributed by atoms with van der Waals surface area (Å²) in [6.07, 6.45) is 6.01. The van der Waals surface area contributed by atoms with Crippen molar-refractivity contribution in [2.24, 2.45) is 0 Å². The van der Waals surface area contributed by atoms with Gasteiger partial charge in [0.2, 0.25) is 0 Å². The van der Waals surface area contributed by atoms with Crippen LogP contribution in [-0.2, 0) is 6.42 Å². The average molecular weight is 249 g/mol. The summed E-state index contributed by atoms with van der Waals surface area (Å²) in [6.45, 7) is 6.37. The molecule has 0 amide bonds. The summed E-state index contributed by atoms with van der Waals surface area (Å²) in [5.74, 6) is 0. The lowest BCUT2D eigenvalue weighted by Gasteiger charge is -2.39. The first-order valence-corrected chi connectivity index (χ1v) is 6.63. The Bertz CT molecular complexity index is 400. The second-order valence-electron chi connectivity index (χ2n) is 5.64. The van der Waals surface area contributed by atoms with Crippen LogP contribution in [0.25, 0.3) is 0 Å². The van der Waals surface area contributed by atoms with Gasteiger partial charge in [-0.3, -0.25) is 9.88 Å². The number of pyridine rings is 1. The monoisotopic (exact) mass is 249 g/mol. The van der Waals surface area contributed by atoms with E-state index in [1.807, 2.05) is 0 Å². The number of aliphatic hydroxyl groups excluding tert-OH is 1. The molecule has 1 atom stereocenters. The number of nitrogens with zero attached hydrogens (tertiary/aromatic N) is 2. The number of likely N-dealkylation sites (tertiary alicyclic amines) is 1. The summed E-state index contributed by atoms with van der Waals surface area (Å²) in [5.41, 5.74) is 7.33. The number of aliphatic hydroxyl groups is 1. The van der Waals surface area contributed by atoms with Gasteiger partial charge in [-0.05, 0) is 51.4 Å². The predicted octanol–water partition coefficient (Wildman–Crippen LogP) is 1.44. The van der Waals surface area contributed by atoms with Gasteiger partial charge in [-0.1, -0.05) is 0 Å². The van der Waals surface area contributed by atoms with E-state index in [1.54, 1.807) is 18.5 Å². The Labute approximate surface area is 109 Å². The van der Waals surface area contributed by atoms with Gasteiger partial charge in [0, 0.05) is 30.0 Å². The SMILES string of the molecule is CC(C)(C(O)Cc1cnccc1N)N1CCCC1. The average Bonchev–Trinajstić information content (AvgIpc) is 2.86. The number of rotatable bonds is 4. The Kier molecular flexibility index (Phi) is 3.88. The Hall–Kier alpha value is -1.13. The zero-order valence-corrected chi connectivity index (χ0v) is 11.3. The molecule has 1 aliphatic rings. The fourth-order valence-corrected chi connectivity index (χ4v) is 2.57. The van der Waals surface area contributed by atoms with E-state index < -0.39 is 6.10 Å². The summed E-state index contributed by atoms with van der Waals surface area (Å²) < 4.78 is 0. The maximum absolute atomic E-state index is 10.5. The minimum absolute atomic E-state index is 0.210. The molecule has 0 spiro atoms. The van der Waals surface area contributed by atoms with Crippen molar-refractivity contribution < 1.29 is 5.11 Å². The van der Waals surface area contributed by atoms with E-state index in [4.69, 9.17) is 5.73 Å². The van der Waals surface area contributed by atoms with Crippen LogP contribution in [0.15, 0.2) is 18.5 Å². The van der Waals surface area contributed by atoms with Crippen LogP contribution in [-0.4, -0.2) is 39.7 Å². The molecule has 2 rings (SSSR count). The van der Waals surface area contributed by atoms with Crippen molar-refractivity contribution in [2.75, 3.05) is 18.8 Å². The maximum Gasteiger partial charge on any atom is 0.0760 e. The summed E-state index contributed by atoms with van der Waals surface area (Å²) in [6, 6.07) is 1.78. The molecule has 1 aromatic rings. The first kappa shape index (κ1) is 13.3. The lowest BCUT2D eigenvalue weighted by molar-refractivity contribution is 0.00342. The quantitative estimate of drug-likeness (QED) is 0.847. The van der Waals surface area contributed by atoms with Crippen molar-refractivity contribution >= 4 is 5.69 Å². The maximum atomic E-state index is 10.5. The molecule has 4 nitrogen and oxygen atoms in total. The molecule has 1 aromatic heterocycles. The highest BCUT2D eigenvalue weighted by atomic mass is 16.3.